The molecule has 0 unspecified atom stereocenters. The Hall–Kier alpha value is -2.63. The Morgan fingerprint density at radius 2 is 2.08 bits per heavy atom. The maximum absolute atomic E-state index is 13.6. The highest BCUT2D eigenvalue weighted by Crippen LogP contribution is 2.33. The first-order valence-corrected chi connectivity index (χ1v) is 7.91. The van der Waals surface area contributed by atoms with Crippen LogP contribution in [0.15, 0.2) is 36.4 Å². The summed E-state index contributed by atoms with van der Waals surface area (Å²) < 4.78 is 13.6. The standard InChI is InChI=1S/C18H23FN4O/c1-4-5-9-23(11-12(2)3)16-10-15(21-22-18(16)20)13-7-6-8-14(19)17(13)24/h4-8,10,12,24H,9,11H2,1-3H3,(H2,20,22)/b5-4-. The number of nitrogens with zero attached hydrogens (tertiary/aromatic N) is 3. The van der Waals surface area contributed by atoms with Crippen LogP contribution >= 0.6 is 0 Å². The number of halogens is 1. The molecule has 2 aromatic rings. The van der Waals surface area contributed by atoms with Gasteiger partial charge in [-0.1, -0.05) is 32.1 Å². The molecule has 0 saturated carbocycles. The summed E-state index contributed by atoms with van der Waals surface area (Å²) in [5.74, 6) is -0.402. The number of nitrogen functional groups attached to an aromatic ring is 1. The molecule has 24 heavy (non-hydrogen) atoms. The second-order valence-electron chi connectivity index (χ2n) is 6.00. The molecule has 1 heterocycles. The smallest absolute Gasteiger partial charge is 0.169 e. The van der Waals surface area contributed by atoms with Crippen molar-refractivity contribution in [1.29, 1.82) is 0 Å². The quantitative estimate of drug-likeness (QED) is 0.791. The van der Waals surface area contributed by atoms with E-state index in [2.05, 4.69) is 28.9 Å². The number of para-hydroxylation sites is 1. The van der Waals surface area contributed by atoms with Crippen LogP contribution in [0.1, 0.15) is 20.8 Å². The Labute approximate surface area is 141 Å². The van der Waals surface area contributed by atoms with Crippen molar-refractivity contribution < 1.29 is 9.50 Å². The van der Waals surface area contributed by atoms with E-state index in [1.807, 2.05) is 19.1 Å². The number of nitrogens with two attached hydrogens (primary N) is 1. The first-order valence-electron chi connectivity index (χ1n) is 7.91. The first-order chi connectivity index (χ1) is 11.4. The summed E-state index contributed by atoms with van der Waals surface area (Å²) in [7, 11) is 0. The molecular formula is C18H23FN4O. The first kappa shape index (κ1) is 17.7. The van der Waals surface area contributed by atoms with E-state index in [9.17, 15) is 9.50 Å². The molecule has 3 N–H and O–H groups in total. The van der Waals surface area contributed by atoms with Gasteiger partial charge < -0.3 is 15.7 Å². The summed E-state index contributed by atoms with van der Waals surface area (Å²) in [6, 6.07) is 6.05. The van der Waals surface area contributed by atoms with Crippen LogP contribution in [0.25, 0.3) is 11.3 Å². The van der Waals surface area contributed by atoms with E-state index in [-0.39, 0.29) is 0 Å². The van der Waals surface area contributed by atoms with Crippen LogP contribution in [0.4, 0.5) is 15.9 Å². The maximum atomic E-state index is 13.6. The van der Waals surface area contributed by atoms with E-state index in [1.165, 1.54) is 12.1 Å². The van der Waals surface area contributed by atoms with Gasteiger partial charge in [0, 0.05) is 18.7 Å². The van der Waals surface area contributed by atoms with Gasteiger partial charge in [0.2, 0.25) is 0 Å². The van der Waals surface area contributed by atoms with Crippen molar-refractivity contribution in [3.8, 4) is 17.0 Å². The summed E-state index contributed by atoms with van der Waals surface area (Å²) in [6.45, 7) is 7.66. The van der Waals surface area contributed by atoms with E-state index < -0.39 is 11.6 Å². The maximum Gasteiger partial charge on any atom is 0.169 e. The van der Waals surface area contributed by atoms with Gasteiger partial charge in [-0.05, 0) is 31.0 Å². The average Bonchev–Trinajstić information content (AvgIpc) is 2.54. The average molecular weight is 330 g/mol. The highest BCUT2D eigenvalue weighted by atomic mass is 19.1. The van der Waals surface area contributed by atoms with Crippen molar-refractivity contribution in [3.05, 3.63) is 42.2 Å². The second-order valence-corrected chi connectivity index (χ2v) is 6.00. The molecule has 0 spiro atoms. The topological polar surface area (TPSA) is 75.3 Å². The van der Waals surface area contributed by atoms with Gasteiger partial charge in [0.25, 0.3) is 0 Å². The Bertz CT molecular complexity index is 731. The third-order valence-corrected chi connectivity index (χ3v) is 3.55. The van der Waals surface area contributed by atoms with Crippen LogP contribution in [-0.2, 0) is 0 Å². The van der Waals surface area contributed by atoms with Crippen LogP contribution in [0, 0.1) is 11.7 Å². The molecular weight excluding hydrogens is 307 g/mol. The fraction of sp³-hybridized carbons (Fsp3) is 0.333. The highest BCUT2D eigenvalue weighted by molar-refractivity contribution is 5.74. The number of phenols is 1. The van der Waals surface area contributed by atoms with Gasteiger partial charge in [0.15, 0.2) is 17.4 Å². The molecule has 1 aromatic heterocycles. The number of phenolic OH excluding ortho intramolecular Hbond substituents is 1. The number of rotatable bonds is 6. The van der Waals surface area contributed by atoms with Crippen molar-refractivity contribution in [1.82, 2.24) is 10.2 Å². The minimum atomic E-state index is -0.694. The van der Waals surface area contributed by atoms with Crippen LogP contribution in [0.2, 0.25) is 0 Å². The molecule has 0 amide bonds. The van der Waals surface area contributed by atoms with Crippen LogP contribution < -0.4 is 10.6 Å². The molecule has 0 radical (unpaired) electrons. The lowest BCUT2D eigenvalue weighted by Gasteiger charge is -2.26. The number of aromatic nitrogens is 2. The molecule has 6 heteroatoms. The number of hydrogen-bond donors (Lipinski definition) is 2. The van der Waals surface area contributed by atoms with E-state index in [1.54, 1.807) is 12.1 Å². The molecule has 0 fully saturated rings. The lowest BCUT2D eigenvalue weighted by Crippen LogP contribution is -2.29. The second kappa shape index (κ2) is 7.77. The fourth-order valence-electron chi connectivity index (χ4n) is 2.44. The van der Waals surface area contributed by atoms with Gasteiger partial charge in [0.05, 0.1) is 11.4 Å². The zero-order chi connectivity index (χ0) is 17.7. The van der Waals surface area contributed by atoms with Crippen LogP contribution in [0.3, 0.4) is 0 Å². The SMILES string of the molecule is C/C=C\CN(CC(C)C)c1cc(-c2cccc(F)c2O)nnc1N. The van der Waals surface area contributed by atoms with Crippen molar-refractivity contribution in [2.45, 2.75) is 20.8 Å². The van der Waals surface area contributed by atoms with Gasteiger partial charge in [0.1, 0.15) is 0 Å². The molecule has 2 rings (SSSR count). The van der Waals surface area contributed by atoms with Gasteiger partial charge in [-0.25, -0.2) is 4.39 Å². The molecule has 0 aliphatic heterocycles. The lowest BCUT2D eigenvalue weighted by atomic mass is 10.1. The van der Waals surface area contributed by atoms with E-state index >= 15 is 0 Å². The van der Waals surface area contributed by atoms with Gasteiger partial charge in [-0.15, -0.1) is 10.2 Å². The fourth-order valence-corrected chi connectivity index (χ4v) is 2.44. The number of benzene rings is 1. The predicted molar refractivity (Wildman–Crippen MR) is 95.4 cm³/mol. The highest BCUT2D eigenvalue weighted by Gasteiger charge is 2.16. The summed E-state index contributed by atoms with van der Waals surface area (Å²) in [5.41, 5.74) is 7.40. The number of allylic oxidation sites excluding steroid dienone is 1. The van der Waals surface area contributed by atoms with Crippen molar-refractivity contribution in [2.75, 3.05) is 23.7 Å². The Kier molecular flexibility index (Phi) is 5.73. The number of hydrogen-bond acceptors (Lipinski definition) is 5. The summed E-state index contributed by atoms with van der Waals surface area (Å²) in [4.78, 5) is 2.09. The van der Waals surface area contributed by atoms with Gasteiger partial charge in [-0.3, -0.25) is 0 Å². The van der Waals surface area contributed by atoms with Crippen LogP contribution in [-0.4, -0.2) is 28.4 Å². The van der Waals surface area contributed by atoms with E-state index in [0.717, 1.165) is 12.2 Å². The molecule has 0 aliphatic carbocycles. The third-order valence-electron chi connectivity index (χ3n) is 3.55. The molecule has 0 aliphatic rings. The van der Waals surface area contributed by atoms with Crippen molar-refractivity contribution in [2.24, 2.45) is 5.92 Å². The normalized spacial score (nSPS) is 11.4. The predicted octanol–water partition coefficient (Wildman–Crippen LogP) is 3.61. The third kappa shape index (κ3) is 4.01. The molecule has 0 saturated heterocycles. The van der Waals surface area contributed by atoms with Crippen molar-refractivity contribution >= 4 is 11.5 Å². The Morgan fingerprint density at radius 1 is 1.33 bits per heavy atom. The molecule has 128 valence electrons. The summed E-state index contributed by atoms with van der Waals surface area (Å²) >= 11 is 0. The number of aromatic hydroxyl groups is 1. The molecule has 1 aromatic carbocycles. The Morgan fingerprint density at radius 3 is 2.75 bits per heavy atom. The zero-order valence-electron chi connectivity index (χ0n) is 14.2. The van der Waals surface area contributed by atoms with E-state index in [4.69, 9.17) is 5.73 Å². The van der Waals surface area contributed by atoms with Crippen molar-refractivity contribution in [3.63, 3.8) is 0 Å². The lowest BCUT2D eigenvalue weighted by molar-refractivity contribution is 0.434. The minimum Gasteiger partial charge on any atom is -0.504 e. The summed E-state index contributed by atoms with van der Waals surface area (Å²) in [5, 5.41) is 17.9. The van der Waals surface area contributed by atoms with Gasteiger partial charge >= 0.3 is 0 Å². The largest absolute Gasteiger partial charge is 0.504 e. The molecule has 5 nitrogen and oxygen atoms in total. The molecule has 0 atom stereocenters. The van der Waals surface area contributed by atoms with E-state index in [0.29, 0.717) is 29.5 Å². The van der Waals surface area contributed by atoms with Crippen LogP contribution in [0.5, 0.6) is 5.75 Å². The number of anilines is 2. The summed E-state index contributed by atoms with van der Waals surface area (Å²) in [6.07, 6.45) is 4.00. The zero-order valence-corrected chi connectivity index (χ0v) is 14.2. The monoisotopic (exact) mass is 330 g/mol. The Balaban J connectivity index is 2.48. The minimum absolute atomic E-state index is 0.291. The molecule has 0 bridgehead atoms. The van der Waals surface area contributed by atoms with Gasteiger partial charge in [-0.2, -0.15) is 0 Å².